The lowest BCUT2D eigenvalue weighted by molar-refractivity contribution is 0.151. The topological polar surface area (TPSA) is 49.7 Å². The molecule has 1 aromatic carbocycles. The Morgan fingerprint density at radius 3 is 2.56 bits per heavy atom. The molecule has 90 valence electrons. The second-order valence-corrected chi connectivity index (χ2v) is 4.76. The van der Waals surface area contributed by atoms with E-state index in [2.05, 4.69) is 15.9 Å². The number of rotatable bonds is 5. The van der Waals surface area contributed by atoms with E-state index in [0.717, 1.165) is 10.0 Å². The molecule has 0 heterocycles. The van der Waals surface area contributed by atoms with Crippen LogP contribution in [0.25, 0.3) is 0 Å². The monoisotopic (exact) mass is 288 g/mol. The molecule has 0 bridgehead atoms. The predicted molar refractivity (Wildman–Crippen MR) is 66.6 cm³/mol. The molecule has 3 nitrogen and oxygen atoms in total. The summed E-state index contributed by atoms with van der Waals surface area (Å²) >= 11 is 3.35. The molecule has 0 aliphatic carbocycles. The zero-order valence-electron chi connectivity index (χ0n) is 9.48. The first-order valence-corrected chi connectivity index (χ1v) is 6.08. The van der Waals surface area contributed by atoms with Gasteiger partial charge in [0.05, 0.1) is 18.8 Å². The summed E-state index contributed by atoms with van der Waals surface area (Å²) in [5.41, 5.74) is 0.750. The third-order valence-electron chi connectivity index (χ3n) is 2.22. The van der Waals surface area contributed by atoms with Crippen molar-refractivity contribution in [1.29, 1.82) is 0 Å². The van der Waals surface area contributed by atoms with Crippen LogP contribution in [0.4, 0.5) is 0 Å². The van der Waals surface area contributed by atoms with E-state index in [-0.39, 0.29) is 6.10 Å². The van der Waals surface area contributed by atoms with E-state index in [9.17, 15) is 5.11 Å². The van der Waals surface area contributed by atoms with E-state index < -0.39 is 6.10 Å². The van der Waals surface area contributed by atoms with Crippen LogP contribution >= 0.6 is 15.9 Å². The van der Waals surface area contributed by atoms with Crippen molar-refractivity contribution in [2.75, 3.05) is 6.61 Å². The highest BCUT2D eigenvalue weighted by atomic mass is 79.9. The molecule has 0 aliphatic heterocycles. The molecule has 0 aromatic heterocycles. The highest BCUT2D eigenvalue weighted by molar-refractivity contribution is 9.10. The maximum Gasteiger partial charge on any atom is 0.125 e. The van der Waals surface area contributed by atoms with Gasteiger partial charge in [-0.1, -0.05) is 15.9 Å². The molecular weight excluding hydrogens is 272 g/mol. The first-order chi connectivity index (χ1) is 7.50. The van der Waals surface area contributed by atoms with Crippen LogP contribution in [-0.2, 0) is 0 Å². The Hall–Kier alpha value is -0.580. The van der Waals surface area contributed by atoms with Crippen molar-refractivity contribution < 1.29 is 14.9 Å². The summed E-state index contributed by atoms with van der Waals surface area (Å²) < 4.78 is 6.43. The number of hydrogen-bond acceptors (Lipinski definition) is 3. The molecular formula is C12H17BrO3. The minimum absolute atomic E-state index is 0.370. The Balaban J connectivity index is 2.71. The first-order valence-electron chi connectivity index (χ1n) is 5.29. The van der Waals surface area contributed by atoms with Crippen LogP contribution < -0.4 is 4.74 Å². The molecule has 0 saturated carbocycles. The molecule has 0 saturated heterocycles. The largest absolute Gasteiger partial charge is 0.493 e. The zero-order valence-corrected chi connectivity index (χ0v) is 11.1. The minimum atomic E-state index is -0.570. The summed E-state index contributed by atoms with van der Waals surface area (Å²) in [5.74, 6) is 0.666. The van der Waals surface area contributed by atoms with Crippen LogP contribution in [0.2, 0.25) is 0 Å². The lowest BCUT2D eigenvalue weighted by Gasteiger charge is -2.14. The number of halogens is 1. The van der Waals surface area contributed by atoms with Gasteiger partial charge in [0.15, 0.2) is 0 Å². The second-order valence-electron chi connectivity index (χ2n) is 3.84. The number of hydrogen-bond donors (Lipinski definition) is 2. The molecule has 16 heavy (non-hydrogen) atoms. The average molecular weight is 289 g/mol. The van der Waals surface area contributed by atoms with Gasteiger partial charge in [-0.15, -0.1) is 0 Å². The molecule has 1 aromatic rings. The van der Waals surface area contributed by atoms with Crippen LogP contribution in [0.5, 0.6) is 5.75 Å². The van der Waals surface area contributed by atoms with Gasteiger partial charge in [-0.05, 0) is 32.0 Å². The van der Waals surface area contributed by atoms with Crippen LogP contribution in [-0.4, -0.2) is 22.9 Å². The van der Waals surface area contributed by atoms with Crippen molar-refractivity contribution in [2.24, 2.45) is 0 Å². The predicted octanol–water partition coefficient (Wildman–Crippen LogP) is 2.65. The van der Waals surface area contributed by atoms with E-state index in [1.165, 1.54) is 0 Å². The van der Waals surface area contributed by atoms with Crippen LogP contribution in [0.3, 0.4) is 0 Å². The van der Waals surface area contributed by atoms with Gasteiger partial charge in [0.1, 0.15) is 5.75 Å². The van der Waals surface area contributed by atoms with Gasteiger partial charge in [-0.25, -0.2) is 0 Å². The Morgan fingerprint density at radius 1 is 1.31 bits per heavy atom. The van der Waals surface area contributed by atoms with Gasteiger partial charge in [0.2, 0.25) is 0 Å². The number of aliphatic hydroxyl groups excluding tert-OH is 2. The first kappa shape index (κ1) is 13.5. The van der Waals surface area contributed by atoms with E-state index in [4.69, 9.17) is 9.84 Å². The van der Waals surface area contributed by atoms with Gasteiger partial charge in [-0.2, -0.15) is 0 Å². The fourth-order valence-corrected chi connectivity index (χ4v) is 1.70. The van der Waals surface area contributed by atoms with E-state index in [0.29, 0.717) is 18.8 Å². The molecule has 0 fully saturated rings. The third kappa shape index (κ3) is 4.12. The summed E-state index contributed by atoms with van der Waals surface area (Å²) in [6.07, 6.45) is -0.362. The van der Waals surface area contributed by atoms with Gasteiger partial charge < -0.3 is 14.9 Å². The molecule has 1 unspecified atom stereocenters. The summed E-state index contributed by atoms with van der Waals surface area (Å²) in [7, 11) is 0. The van der Waals surface area contributed by atoms with E-state index in [1.54, 1.807) is 13.8 Å². The molecule has 4 heteroatoms. The maximum absolute atomic E-state index is 9.59. The zero-order chi connectivity index (χ0) is 12.1. The highest BCUT2D eigenvalue weighted by Crippen LogP contribution is 2.28. The molecule has 0 amide bonds. The van der Waals surface area contributed by atoms with Gasteiger partial charge in [0.25, 0.3) is 0 Å². The summed E-state index contributed by atoms with van der Waals surface area (Å²) in [6.45, 7) is 3.86. The van der Waals surface area contributed by atoms with Crippen molar-refractivity contribution in [3.8, 4) is 5.75 Å². The molecule has 2 atom stereocenters. The molecule has 0 spiro atoms. The van der Waals surface area contributed by atoms with E-state index >= 15 is 0 Å². The molecule has 0 radical (unpaired) electrons. The minimum Gasteiger partial charge on any atom is -0.493 e. The molecule has 0 aliphatic rings. The summed E-state index contributed by atoms with van der Waals surface area (Å²) in [5, 5.41) is 18.7. The lowest BCUT2D eigenvalue weighted by atomic mass is 10.1. The summed E-state index contributed by atoms with van der Waals surface area (Å²) in [6, 6.07) is 5.51. The van der Waals surface area contributed by atoms with E-state index in [1.807, 2.05) is 18.2 Å². The third-order valence-corrected chi connectivity index (χ3v) is 2.71. The Labute approximate surface area is 104 Å². The van der Waals surface area contributed by atoms with Crippen LogP contribution in [0, 0.1) is 0 Å². The van der Waals surface area contributed by atoms with Crippen molar-refractivity contribution in [3.05, 3.63) is 28.2 Å². The number of ether oxygens (including phenoxy) is 1. The SMILES string of the molecule is CC(O)CCOc1ccc(Br)cc1[C@@H](C)O. The van der Waals surface area contributed by atoms with Crippen LogP contribution in [0.15, 0.2) is 22.7 Å². The highest BCUT2D eigenvalue weighted by Gasteiger charge is 2.10. The molecule has 2 N–H and O–H groups in total. The van der Waals surface area contributed by atoms with Gasteiger partial charge >= 0.3 is 0 Å². The van der Waals surface area contributed by atoms with Crippen LogP contribution in [0.1, 0.15) is 31.9 Å². The normalized spacial score (nSPS) is 14.6. The van der Waals surface area contributed by atoms with Crippen molar-refractivity contribution in [2.45, 2.75) is 32.5 Å². The van der Waals surface area contributed by atoms with Crippen molar-refractivity contribution >= 4 is 15.9 Å². The Kier molecular flexibility index (Phi) is 5.25. The lowest BCUT2D eigenvalue weighted by Crippen LogP contribution is -2.09. The Morgan fingerprint density at radius 2 is 2.00 bits per heavy atom. The number of benzene rings is 1. The standard InChI is InChI=1S/C12H17BrO3/c1-8(14)5-6-16-12-4-3-10(13)7-11(12)9(2)15/h3-4,7-9,14-15H,5-6H2,1-2H3/t8?,9-/m1/s1. The fourth-order valence-electron chi connectivity index (χ4n) is 1.32. The van der Waals surface area contributed by atoms with Gasteiger partial charge in [0, 0.05) is 16.5 Å². The van der Waals surface area contributed by atoms with Crippen molar-refractivity contribution in [1.82, 2.24) is 0 Å². The maximum atomic E-state index is 9.59. The smallest absolute Gasteiger partial charge is 0.125 e. The Bertz CT molecular complexity index is 337. The summed E-state index contributed by atoms with van der Waals surface area (Å²) in [4.78, 5) is 0. The molecule has 1 rings (SSSR count). The second kappa shape index (κ2) is 6.23. The van der Waals surface area contributed by atoms with Gasteiger partial charge in [-0.3, -0.25) is 0 Å². The number of aliphatic hydroxyl groups is 2. The average Bonchev–Trinajstić information content (AvgIpc) is 2.19. The quantitative estimate of drug-likeness (QED) is 0.876. The van der Waals surface area contributed by atoms with Crippen molar-refractivity contribution in [3.63, 3.8) is 0 Å². The fraction of sp³-hybridized carbons (Fsp3) is 0.500.